The smallest absolute Gasteiger partial charge is 0.213 e. The van der Waals surface area contributed by atoms with Crippen LogP contribution in [0.15, 0.2) is 0 Å². The average molecular weight is 196 g/mol. The summed E-state index contributed by atoms with van der Waals surface area (Å²) in [7, 11) is 0.112. The lowest BCUT2D eigenvalue weighted by atomic mass is 10.7. The molecular formula is C6H16N2O3S. The Bertz CT molecular complexity index is 191. The Kier molecular flexibility index (Phi) is 6.27. The molecule has 12 heavy (non-hydrogen) atoms. The Morgan fingerprint density at radius 1 is 1.33 bits per heavy atom. The van der Waals surface area contributed by atoms with Gasteiger partial charge >= 0.3 is 0 Å². The van der Waals surface area contributed by atoms with E-state index >= 15 is 0 Å². The summed E-state index contributed by atoms with van der Waals surface area (Å²) >= 11 is 0. The maximum atomic E-state index is 11.0. The first-order valence-electron chi connectivity index (χ1n) is 3.73. The van der Waals surface area contributed by atoms with Crippen LogP contribution in [0.4, 0.5) is 0 Å². The van der Waals surface area contributed by atoms with Gasteiger partial charge in [0.05, 0.1) is 12.4 Å². The molecule has 0 amide bonds. The van der Waals surface area contributed by atoms with Crippen LogP contribution in [0.5, 0.6) is 0 Å². The van der Waals surface area contributed by atoms with Crippen molar-refractivity contribution >= 4 is 10.0 Å². The summed E-state index contributed by atoms with van der Waals surface area (Å²) in [5.74, 6) is 0.0210. The van der Waals surface area contributed by atoms with E-state index in [9.17, 15) is 8.42 Å². The topological polar surface area (TPSA) is 67.4 Å². The molecule has 0 saturated heterocycles. The predicted octanol–water partition coefficient (Wildman–Crippen LogP) is -1.23. The monoisotopic (exact) mass is 196 g/mol. The highest BCUT2D eigenvalue weighted by atomic mass is 32.2. The molecule has 0 radical (unpaired) electrons. The number of hydrogen-bond donors (Lipinski definition) is 2. The van der Waals surface area contributed by atoms with Gasteiger partial charge in [-0.25, -0.2) is 13.1 Å². The van der Waals surface area contributed by atoms with E-state index in [0.717, 1.165) is 0 Å². The summed E-state index contributed by atoms with van der Waals surface area (Å²) in [6, 6.07) is 0. The van der Waals surface area contributed by atoms with Crippen molar-refractivity contribution in [3.8, 4) is 0 Å². The third kappa shape index (κ3) is 6.53. The van der Waals surface area contributed by atoms with Crippen LogP contribution >= 0.6 is 0 Å². The molecule has 0 aliphatic rings. The minimum atomic E-state index is -3.13. The fraction of sp³-hybridized carbons (Fsp3) is 1.00. The van der Waals surface area contributed by atoms with Gasteiger partial charge in [0.25, 0.3) is 0 Å². The van der Waals surface area contributed by atoms with E-state index in [0.29, 0.717) is 13.1 Å². The Labute approximate surface area is 73.5 Å². The standard InChI is InChI=1S/C6H16N2O3S/c1-7-3-4-8-12(9,10)6-5-11-2/h7-8H,3-6H2,1-2H3. The number of hydrogen-bond acceptors (Lipinski definition) is 4. The third-order valence-corrected chi connectivity index (χ3v) is 2.60. The Morgan fingerprint density at radius 3 is 2.50 bits per heavy atom. The Balaban J connectivity index is 3.58. The van der Waals surface area contributed by atoms with Crippen LogP contribution < -0.4 is 10.0 Å². The molecule has 0 aromatic heterocycles. The highest BCUT2D eigenvalue weighted by molar-refractivity contribution is 7.89. The van der Waals surface area contributed by atoms with Crippen molar-refractivity contribution in [1.82, 2.24) is 10.0 Å². The first kappa shape index (κ1) is 11.8. The molecule has 0 heterocycles. The summed E-state index contributed by atoms with van der Waals surface area (Å²) in [5, 5.41) is 2.84. The maximum absolute atomic E-state index is 11.0. The van der Waals surface area contributed by atoms with Crippen molar-refractivity contribution in [3.05, 3.63) is 0 Å². The lowest BCUT2D eigenvalue weighted by molar-refractivity contribution is 0.217. The molecule has 2 N–H and O–H groups in total. The minimum absolute atomic E-state index is 0.0210. The van der Waals surface area contributed by atoms with Crippen LogP contribution in [-0.2, 0) is 14.8 Å². The molecule has 0 spiro atoms. The fourth-order valence-electron chi connectivity index (χ4n) is 0.597. The molecule has 74 valence electrons. The van der Waals surface area contributed by atoms with E-state index in [1.165, 1.54) is 7.11 Å². The molecule has 0 aliphatic heterocycles. The number of rotatable bonds is 7. The molecule has 0 aromatic carbocycles. The number of likely N-dealkylation sites (N-methyl/N-ethyl adjacent to an activating group) is 1. The fourth-order valence-corrected chi connectivity index (χ4v) is 1.54. The largest absolute Gasteiger partial charge is 0.384 e. The van der Waals surface area contributed by atoms with Gasteiger partial charge in [-0.3, -0.25) is 0 Å². The lowest BCUT2D eigenvalue weighted by Crippen LogP contribution is -2.33. The van der Waals surface area contributed by atoms with Crippen LogP contribution in [0.1, 0.15) is 0 Å². The van der Waals surface area contributed by atoms with Gasteiger partial charge in [-0.1, -0.05) is 0 Å². The normalized spacial score (nSPS) is 11.8. The van der Waals surface area contributed by atoms with Crippen LogP contribution in [0.3, 0.4) is 0 Å². The first-order chi connectivity index (χ1) is 5.62. The van der Waals surface area contributed by atoms with Gasteiger partial charge in [0.1, 0.15) is 0 Å². The van der Waals surface area contributed by atoms with Crippen LogP contribution in [0, 0.1) is 0 Å². The molecule has 0 saturated carbocycles. The lowest BCUT2D eigenvalue weighted by Gasteiger charge is -2.04. The third-order valence-electron chi connectivity index (χ3n) is 1.25. The number of nitrogens with one attached hydrogen (secondary N) is 2. The molecule has 0 atom stereocenters. The second-order valence-electron chi connectivity index (χ2n) is 2.31. The van der Waals surface area contributed by atoms with Crippen molar-refractivity contribution in [2.45, 2.75) is 0 Å². The van der Waals surface area contributed by atoms with Crippen LogP contribution in [0.2, 0.25) is 0 Å². The van der Waals surface area contributed by atoms with Crippen LogP contribution in [0.25, 0.3) is 0 Å². The van der Waals surface area contributed by atoms with E-state index in [1.54, 1.807) is 7.05 Å². The number of methoxy groups -OCH3 is 1. The zero-order chi connectivity index (χ0) is 9.45. The van der Waals surface area contributed by atoms with Gasteiger partial charge in [0.2, 0.25) is 10.0 Å². The molecular weight excluding hydrogens is 180 g/mol. The molecule has 6 heteroatoms. The summed E-state index contributed by atoms with van der Waals surface area (Å²) in [6.45, 7) is 1.28. The summed E-state index contributed by atoms with van der Waals surface area (Å²) in [5.41, 5.74) is 0. The van der Waals surface area contributed by atoms with Gasteiger partial charge in [0, 0.05) is 20.2 Å². The average Bonchev–Trinajstić information content (AvgIpc) is 2.01. The molecule has 0 fully saturated rings. The summed E-state index contributed by atoms with van der Waals surface area (Å²) in [6.07, 6.45) is 0. The molecule has 0 rings (SSSR count). The zero-order valence-electron chi connectivity index (χ0n) is 7.46. The van der Waals surface area contributed by atoms with Gasteiger partial charge in [-0.2, -0.15) is 0 Å². The first-order valence-corrected chi connectivity index (χ1v) is 5.38. The molecule has 0 unspecified atom stereocenters. The second kappa shape index (κ2) is 6.36. The van der Waals surface area contributed by atoms with Crippen LogP contribution in [-0.4, -0.2) is 48.0 Å². The highest BCUT2D eigenvalue weighted by Gasteiger charge is 2.07. The second-order valence-corrected chi connectivity index (χ2v) is 4.24. The van der Waals surface area contributed by atoms with E-state index in [4.69, 9.17) is 0 Å². The molecule has 0 aliphatic carbocycles. The molecule has 0 aromatic rings. The summed E-state index contributed by atoms with van der Waals surface area (Å²) in [4.78, 5) is 0. The Morgan fingerprint density at radius 2 is 2.00 bits per heavy atom. The number of sulfonamides is 1. The van der Waals surface area contributed by atoms with E-state index in [-0.39, 0.29) is 12.4 Å². The minimum Gasteiger partial charge on any atom is -0.384 e. The molecule has 0 bridgehead atoms. The van der Waals surface area contributed by atoms with E-state index in [1.807, 2.05) is 0 Å². The maximum Gasteiger partial charge on any atom is 0.213 e. The van der Waals surface area contributed by atoms with Crippen molar-refractivity contribution in [1.29, 1.82) is 0 Å². The van der Waals surface area contributed by atoms with E-state index < -0.39 is 10.0 Å². The SMILES string of the molecule is CNCCNS(=O)(=O)CCOC. The van der Waals surface area contributed by atoms with Crippen molar-refractivity contribution < 1.29 is 13.2 Å². The number of ether oxygens (including phenoxy) is 1. The van der Waals surface area contributed by atoms with Crippen molar-refractivity contribution in [3.63, 3.8) is 0 Å². The zero-order valence-corrected chi connectivity index (χ0v) is 8.28. The van der Waals surface area contributed by atoms with Gasteiger partial charge in [-0.15, -0.1) is 0 Å². The predicted molar refractivity (Wildman–Crippen MR) is 47.6 cm³/mol. The molecule has 5 nitrogen and oxygen atoms in total. The van der Waals surface area contributed by atoms with E-state index in [2.05, 4.69) is 14.8 Å². The van der Waals surface area contributed by atoms with Crippen molar-refractivity contribution in [2.24, 2.45) is 0 Å². The highest BCUT2D eigenvalue weighted by Crippen LogP contribution is 1.82. The van der Waals surface area contributed by atoms with Gasteiger partial charge in [-0.05, 0) is 7.05 Å². The quantitative estimate of drug-likeness (QED) is 0.500. The van der Waals surface area contributed by atoms with Crippen molar-refractivity contribution in [2.75, 3.05) is 39.6 Å². The summed E-state index contributed by atoms with van der Waals surface area (Å²) < 4.78 is 29.2. The van der Waals surface area contributed by atoms with Gasteiger partial charge < -0.3 is 10.1 Å². The Hall–Kier alpha value is -0.170. The van der Waals surface area contributed by atoms with Gasteiger partial charge in [0.15, 0.2) is 0 Å².